The molecule has 0 aliphatic carbocycles. The third kappa shape index (κ3) is 3.17. The Hall–Kier alpha value is -4.91. The van der Waals surface area contributed by atoms with Crippen molar-refractivity contribution in [2.24, 2.45) is 5.73 Å². The molecule has 6 heteroatoms. The fourth-order valence-electron chi connectivity index (χ4n) is 4.98. The standard InChI is InChI=1S/C30H18N4OS/c31-16-24-27(23-14-6-10-19-8-2-4-13-22(19)23)25(17-32)30-34(28(24)33)29(35)26(36-30)15-20-11-5-9-18-7-1-3-12-21(18)20/h1-15,27H,33H2/b26-15-/t27-/m0/s1. The molecule has 2 heterocycles. The quantitative estimate of drug-likeness (QED) is 0.409. The number of allylic oxidation sites excluding steroid dienone is 1. The van der Waals surface area contributed by atoms with Gasteiger partial charge >= 0.3 is 0 Å². The fraction of sp³-hybridized carbons (Fsp3) is 0.0333. The van der Waals surface area contributed by atoms with Crippen LogP contribution in [0.2, 0.25) is 0 Å². The molecule has 1 aliphatic heterocycles. The van der Waals surface area contributed by atoms with Crippen LogP contribution in [0, 0.1) is 22.7 Å². The first-order valence-electron chi connectivity index (χ1n) is 11.4. The van der Waals surface area contributed by atoms with Crippen LogP contribution >= 0.6 is 11.3 Å². The molecule has 0 unspecified atom stereocenters. The Labute approximate surface area is 210 Å². The van der Waals surface area contributed by atoms with Gasteiger partial charge in [-0.15, -0.1) is 11.3 Å². The number of benzene rings is 4. The van der Waals surface area contributed by atoms with E-state index in [1.807, 2.05) is 91.0 Å². The summed E-state index contributed by atoms with van der Waals surface area (Å²) in [5, 5.41) is 24.5. The van der Waals surface area contributed by atoms with Crippen molar-refractivity contribution in [1.29, 1.82) is 10.5 Å². The van der Waals surface area contributed by atoms with Gasteiger partial charge < -0.3 is 5.73 Å². The Balaban J connectivity index is 1.68. The number of nitrogens with zero attached hydrogens (tertiary/aromatic N) is 3. The number of hydrogen-bond acceptors (Lipinski definition) is 5. The zero-order valence-corrected chi connectivity index (χ0v) is 19.8. The first kappa shape index (κ1) is 21.6. The van der Waals surface area contributed by atoms with Crippen molar-refractivity contribution in [1.82, 2.24) is 4.57 Å². The summed E-state index contributed by atoms with van der Waals surface area (Å²) in [5.41, 5.74) is 8.40. The summed E-state index contributed by atoms with van der Waals surface area (Å²) in [4.78, 5) is 13.5. The van der Waals surface area contributed by atoms with E-state index in [9.17, 15) is 15.3 Å². The highest BCUT2D eigenvalue weighted by molar-refractivity contribution is 7.07. The van der Waals surface area contributed by atoms with Gasteiger partial charge in [0.2, 0.25) is 0 Å². The van der Waals surface area contributed by atoms with Gasteiger partial charge in [0.15, 0.2) is 0 Å². The first-order chi connectivity index (χ1) is 17.6. The molecule has 6 rings (SSSR count). The Morgan fingerprint density at radius 2 is 1.42 bits per heavy atom. The summed E-state index contributed by atoms with van der Waals surface area (Å²) in [6.07, 6.45) is 1.84. The van der Waals surface area contributed by atoms with Gasteiger partial charge in [0.25, 0.3) is 5.56 Å². The minimum Gasteiger partial charge on any atom is -0.384 e. The topological polar surface area (TPSA) is 95.6 Å². The van der Waals surface area contributed by atoms with Crippen LogP contribution in [-0.4, -0.2) is 4.57 Å². The van der Waals surface area contributed by atoms with Gasteiger partial charge in [-0.25, -0.2) is 0 Å². The summed E-state index contributed by atoms with van der Waals surface area (Å²) in [6.45, 7) is 0. The average Bonchev–Trinajstić information content (AvgIpc) is 3.24. The van der Waals surface area contributed by atoms with Gasteiger partial charge in [-0.1, -0.05) is 84.9 Å². The van der Waals surface area contributed by atoms with Crippen molar-refractivity contribution >= 4 is 50.4 Å². The smallest absolute Gasteiger partial charge is 0.274 e. The number of hydrogen-bond donors (Lipinski definition) is 1. The van der Waals surface area contributed by atoms with Crippen LogP contribution < -0.4 is 20.5 Å². The highest BCUT2D eigenvalue weighted by Gasteiger charge is 2.33. The molecule has 1 aromatic heterocycles. The minimum atomic E-state index is -0.658. The van der Waals surface area contributed by atoms with E-state index < -0.39 is 5.92 Å². The molecular formula is C30H18N4OS. The highest BCUT2D eigenvalue weighted by Crippen LogP contribution is 2.38. The van der Waals surface area contributed by atoms with Crippen LogP contribution in [0.15, 0.2) is 95.3 Å². The normalized spacial score (nSPS) is 15.7. The lowest BCUT2D eigenvalue weighted by atomic mass is 9.82. The summed E-state index contributed by atoms with van der Waals surface area (Å²) in [7, 11) is 0. The van der Waals surface area contributed by atoms with Crippen molar-refractivity contribution in [3.05, 3.63) is 121 Å². The van der Waals surface area contributed by atoms with E-state index in [1.54, 1.807) is 0 Å². The summed E-state index contributed by atoms with van der Waals surface area (Å²) < 4.78 is 2.23. The molecule has 0 spiro atoms. The summed E-state index contributed by atoms with van der Waals surface area (Å²) in [6, 6.07) is 32.1. The maximum atomic E-state index is 13.5. The lowest BCUT2D eigenvalue weighted by molar-refractivity contribution is 0.910. The molecule has 36 heavy (non-hydrogen) atoms. The third-order valence-electron chi connectivity index (χ3n) is 6.63. The largest absolute Gasteiger partial charge is 0.384 e. The number of fused-ring (bicyclic) bond motifs is 3. The van der Waals surface area contributed by atoms with Crippen molar-refractivity contribution in [3.8, 4) is 12.1 Å². The first-order valence-corrected chi connectivity index (χ1v) is 12.2. The van der Waals surface area contributed by atoms with Gasteiger partial charge in [0.05, 0.1) is 33.7 Å². The molecule has 0 bridgehead atoms. The molecule has 0 radical (unpaired) electrons. The van der Waals surface area contributed by atoms with Crippen molar-refractivity contribution in [2.45, 2.75) is 5.92 Å². The Morgan fingerprint density at radius 1 is 0.806 bits per heavy atom. The van der Waals surface area contributed by atoms with Gasteiger partial charge in [-0.05, 0) is 38.7 Å². The van der Waals surface area contributed by atoms with Crippen LogP contribution in [0.4, 0.5) is 0 Å². The molecule has 4 aromatic carbocycles. The molecule has 170 valence electrons. The Bertz CT molecular complexity index is 2000. The summed E-state index contributed by atoms with van der Waals surface area (Å²) in [5.74, 6) is -0.585. The van der Waals surface area contributed by atoms with Crippen LogP contribution in [0.3, 0.4) is 0 Å². The van der Waals surface area contributed by atoms with Gasteiger partial charge in [-0.3, -0.25) is 9.36 Å². The molecule has 2 N–H and O–H groups in total. The van der Waals surface area contributed by atoms with Crippen molar-refractivity contribution < 1.29 is 0 Å². The van der Waals surface area contributed by atoms with Crippen LogP contribution in [0.25, 0.3) is 39.0 Å². The number of nitriles is 2. The van der Waals surface area contributed by atoms with E-state index in [-0.39, 0.29) is 17.0 Å². The van der Waals surface area contributed by atoms with Crippen molar-refractivity contribution in [2.75, 3.05) is 0 Å². The lowest BCUT2D eigenvalue weighted by Crippen LogP contribution is -2.38. The number of thiazole rings is 1. The molecule has 0 saturated heterocycles. The van der Waals surface area contributed by atoms with Gasteiger partial charge in [-0.2, -0.15) is 10.5 Å². The van der Waals surface area contributed by atoms with Crippen molar-refractivity contribution in [3.63, 3.8) is 0 Å². The van der Waals surface area contributed by atoms with Gasteiger partial charge in [0, 0.05) is 0 Å². The molecule has 1 atom stereocenters. The SMILES string of the molecule is N#CC1=C(N)n2c(s/c(=C\c3cccc4ccccc34)c2=O)=C(C#N)[C@H]1c1cccc2ccccc12. The molecule has 0 saturated carbocycles. The molecule has 0 fully saturated rings. The zero-order valence-electron chi connectivity index (χ0n) is 19.0. The van der Waals surface area contributed by atoms with Crippen LogP contribution in [0.1, 0.15) is 17.0 Å². The second-order valence-corrected chi connectivity index (χ2v) is 9.59. The van der Waals surface area contributed by atoms with E-state index >= 15 is 0 Å². The van der Waals surface area contributed by atoms with Crippen LogP contribution in [0.5, 0.6) is 0 Å². The number of nitrogens with two attached hydrogens (primary N) is 1. The Morgan fingerprint density at radius 3 is 2.14 bits per heavy atom. The second-order valence-electron chi connectivity index (χ2n) is 8.56. The monoisotopic (exact) mass is 482 g/mol. The van der Waals surface area contributed by atoms with Crippen LogP contribution in [-0.2, 0) is 0 Å². The lowest BCUT2D eigenvalue weighted by Gasteiger charge is -2.23. The van der Waals surface area contributed by atoms with E-state index in [0.29, 0.717) is 14.8 Å². The van der Waals surface area contributed by atoms with E-state index in [2.05, 4.69) is 12.1 Å². The second kappa shape index (κ2) is 8.39. The number of aromatic nitrogens is 1. The maximum absolute atomic E-state index is 13.5. The minimum absolute atomic E-state index is 0.0725. The van der Waals surface area contributed by atoms with Gasteiger partial charge in [0.1, 0.15) is 10.5 Å². The molecule has 5 nitrogen and oxygen atoms in total. The molecule has 5 aromatic rings. The highest BCUT2D eigenvalue weighted by atomic mass is 32.1. The summed E-state index contributed by atoms with van der Waals surface area (Å²) >= 11 is 1.23. The fourth-order valence-corrected chi connectivity index (χ4v) is 6.10. The molecular weight excluding hydrogens is 464 g/mol. The van der Waals surface area contributed by atoms with E-state index in [4.69, 9.17) is 5.73 Å². The predicted molar refractivity (Wildman–Crippen MR) is 144 cm³/mol. The molecule has 0 amide bonds. The van der Waals surface area contributed by atoms with E-state index in [1.165, 1.54) is 15.9 Å². The third-order valence-corrected chi connectivity index (χ3v) is 7.74. The predicted octanol–water partition coefficient (Wildman–Crippen LogP) is 4.17. The van der Waals surface area contributed by atoms with E-state index in [0.717, 1.165) is 32.7 Å². The zero-order chi connectivity index (χ0) is 24.8. The number of rotatable bonds is 2. The Kier molecular flexibility index (Phi) is 5.04. The maximum Gasteiger partial charge on any atom is 0.274 e. The average molecular weight is 483 g/mol. The molecule has 1 aliphatic rings.